The largest absolute Gasteiger partial charge is 0.416 e. The number of nitro groups is 1. The highest BCUT2D eigenvalue weighted by Crippen LogP contribution is 2.35. The molecule has 0 saturated heterocycles. The molecule has 0 spiro atoms. The predicted molar refractivity (Wildman–Crippen MR) is 123 cm³/mol. The summed E-state index contributed by atoms with van der Waals surface area (Å²) in [5.41, 5.74) is -0.683. The van der Waals surface area contributed by atoms with Gasteiger partial charge in [0.1, 0.15) is 6.04 Å². The standard InChI is InChI=1S/C24H17F3N4O5/c25-24(26,27)15-4-3-5-16(12-15)28-21(32)13-20-22(33)29-18-6-1-2-7-19(18)30(20)23(34)14-8-10-17(11-9-14)31(35)36/h1-12,20H,13H2,(H,28,32)(H,29,33)/t20-/m0/s1. The smallest absolute Gasteiger partial charge is 0.326 e. The van der Waals surface area contributed by atoms with E-state index in [4.69, 9.17) is 0 Å². The molecule has 2 N–H and O–H groups in total. The summed E-state index contributed by atoms with van der Waals surface area (Å²) in [5, 5.41) is 15.9. The predicted octanol–water partition coefficient (Wildman–Crippen LogP) is 4.61. The number of amides is 3. The molecule has 1 atom stereocenters. The number of carbonyl (C=O) groups is 3. The maximum Gasteiger partial charge on any atom is 0.416 e. The summed E-state index contributed by atoms with van der Waals surface area (Å²) >= 11 is 0. The maximum absolute atomic E-state index is 13.4. The Morgan fingerprint density at radius 1 is 1.03 bits per heavy atom. The minimum absolute atomic E-state index is 0.0355. The summed E-state index contributed by atoms with van der Waals surface area (Å²) in [6.07, 6.45) is -5.17. The number of hydrogen-bond donors (Lipinski definition) is 2. The highest BCUT2D eigenvalue weighted by atomic mass is 19.4. The summed E-state index contributed by atoms with van der Waals surface area (Å²) in [5.74, 6) is -2.16. The quantitative estimate of drug-likeness (QED) is 0.393. The van der Waals surface area contributed by atoms with Gasteiger partial charge in [0.25, 0.3) is 11.6 Å². The van der Waals surface area contributed by atoms with Crippen molar-refractivity contribution in [2.24, 2.45) is 0 Å². The Morgan fingerprint density at radius 3 is 2.39 bits per heavy atom. The first kappa shape index (κ1) is 24.4. The normalized spacial score (nSPS) is 15.0. The molecule has 36 heavy (non-hydrogen) atoms. The van der Waals surface area contributed by atoms with Crippen molar-refractivity contribution in [1.29, 1.82) is 0 Å². The number of halogens is 3. The van der Waals surface area contributed by atoms with Crippen LogP contribution in [0.4, 0.5) is 35.9 Å². The Balaban J connectivity index is 1.63. The van der Waals surface area contributed by atoms with Crippen molar-refractivity contribution in [3.63, 3.8) is 0 Å². The number of benzene rings is 3. The molecular weight excluding hydrogens is 481 g/mol. The summed E-state index contributed by atoms with van der Waals surface area (Å²) in [6, 6.07) is 13.8. The first-order valence-corrected chi connectivity index (χ1v) is 10.5. The second-order valence-electron chi connectivity index (χ2n) is 7.83. The molecule has 0 bridgehead atoms. The van der Waals surface area contributed by atoms with E-state index < -0.39 is 46.8 Å². The molecule has 4 rings (SSSR count). The van der Waals surface area contributed by atoms with Crippen molar-refractivity contribution in [1.82, 2.24) is 0 Å². The van der Waals surface area contributed by atoms with E-state index in [1.807, 2.05) is 0 Å². The number of rotatable bonds is 5. The molecule has 3 aromatic rings. The average molecular weight is 498 g/mol. The third kappa shape index (κ3) is 5.02. The van der Waals surface area contributed by atoms with Crippen LogP contribution in [0.5, 0.6) is 0 Å². The molecule has 12 heteroatoms. The van der Waals surface area contributed by atoms with Crippen molar-refractivity contribution < 1.29 is 32.5 Å². The number of nitrogens with one attached hydrogen (secondary N) is 2. The third-order valence-corrected chi connectivity index (χ3v) is 5.43. The van der Waals surface area contributed by atoms with Crippen LogP contribution in [0, 0.1) is 10.1 Å². The van der Waals surface area contributed by atoms with Gasteiger partial charge in [0, 0.05) is 23.4 Å². The van der Waals surface area contributed by atoms with Crippen LogP contribution in [0.1, 0.15) is 22.3 Å². The number of carbonyl (C=O) groups excluding carboxylic acids is 3. The molecule has 0 aliphatic carbocycles. The van der Waals surface area contributed by atoms with Crippen molar-refractivity contribution in [3.8, 4) is 0 Å². The minimum atomic E-state index is -4.61. The Bertz CT molecular complexity index is 1360. The summed E-state index contributed by atoms with van der Waals surface area (Å²) < 4.78 is 39.0. The van der Waals surface area contributed by atoms with Crippen LogP contribution in [-0.4, -0.2) is 28.7 Å². The van der Waals surface area contributed by atoms with Crippen LogP contribution in [-0.2, 0) is 15.8 Å². The zero-order chi connectivity index (χ0) is 26.0. The van der Waals surface area contributed by atoms with E-state index in [2.05, 4.69) is 10.6 Å². The average Bonchev–Trinajstić information content (AvgIpc) is 2.84. The molecule has 1 aliphatic heterocycles. The van der Waals surface area contributed by atoms with Gasteiger partial charge in [-0.1, -0.05) is 18.2 Å². The summed E-state index contributed by atoms with van der Waals surface area (Å²) in [6.45, 7) is 0. The van der Waals surface area contributed by atoms with E-state index in [1.54, 1.807) is 24.3 Å². The molecule has 0 fully saturated rings. The van der Waals surface area contributed by atoms with Gasteiger partial charge < -0.3 is 10.6 Å². The van der Waals surface area contributed by atoms with Gasteiger partial charge in [-0.05, 0) is 42.5 Å². The number of para-hydroxylation sites is 2. The molecule has 0 unspecified atom stereocenters. The fraction of sp³-hybridized carbons (Fsp3) is 0.125. The van der Waals surface area contributed by atoms with Crippen LogP contribution in [0.25, 0.3) is 0 Å². The zero-order valence-corrected chi connectivity index (χ0v) is 18.3. The van der Waals surface area contributed by atoms with Gasteiger partial charge in [-0.25, -0.2) is 0 Å². The van der Waals surface area contributed by atoms with E-state index in [9.17, 15) is 37.7 Å². The lowest BCUT2D eigenvalue weighted by Gasteiger charge is -2.36. The Hall–Kier alpha value is -4.74. The first-order chi connectivity index (χ1) is 17.0. The van der Waals surface area contributed by atoms with Crippen molar-refractivity contribution in [2.45, 2.75) is 18.6 Å². The number of hydrogen-bond acceptors (Lipinski definition) is 5. The highest BCUT2D eigenvalue weighted by molar-refractivity contribution is 6.17. The number of nitro benzene ring substituents is 1. The van der Waals surface area contributed by atoms with E-state index in [1.165, 1.54) is 18.2 Å². The number of anilines is 3. The van der Waals surface area contributed by atoms with Crippen LogP contribution >= 0.6 is 0 Å². The van der Waals surface area contributed by atoms with Crippen LogP contribution < -0.4 is 15.5 Å². The van der Waals surface area contributed by atoms with Crippen LogP contribution in [0.2, 0.25) is 0 Å². The van der Waals surface area contributed by atoms with Crippen LogP contribution in [0.15, 0.2) is 72.8 Å². The van der Waals surface area contributed by atoms with E-state index in [-0.39, 0.29) is 22.6 Å². The first-order valence-electron chi connectivity index (χ1n) is 10.5. The number of non-ortho nitro benzene ring substituents is 1. The molecular formula is C24H17F3N4O5. The van der Waals surface area contributed by atoms with Gasteiger partial charge in [-0.15, -0.1) is 0 Å². The monoisotopic (exact) mass is 498 g/mol. The van der Waals surface area contributed by atoms with Gasteiger partial charge in [0.2, 0.25) is 11.8 Å². The van der Waals surface area contributed by atoms with Gasteiger partial charge in [-0.2, -0.15) is 13.2 Å². The fourth-order valence-corrected chi connectivity index (χ4v) is 3.75. The molecule has 1 heterocycles. The minimum Gasteiger partial charge on any atom is -0.326 e. The Labute approximate surface area is 201 Å². The zero-order valence-electron chi connectivity index (χ0n) is 18.3. The lowest BCUT2D eigenvalue weighted by Crippen LogP contribution is -2.52. The molecule has 0 aromatic heterocycles. The lowest BCUT2D eigenvalue weighted by molar-refractivity contribution is -0.384. The van der Waals surface area contributed by atoms with Gasteiger partial charge in [-0.3, -0.25) is 29.4 Å². The third-order valence-electron chi connectivity index (χ3n) is 5.43. The van der Waals surface area contributed by atoms with Crippen LogP contribution in [0.3, 0.4) is 0 Å². The SMILES string of the molecule is O=C(C[C@H]1C(=O)Nc2ccccc2N1C(=O)c1ccc([N+](=O)[O-])cc1)Nc1cccc(C(F)(F)F)c1. The number of nitrogens with zero attached hydrogens (tertiary/aromatic N) is 2. The topological polar surface area (TPSA) is 122 Å². The second-order valence-corrected chi connectivity index (χ2v) is 7.83. The van der Waals surface area contributed by atoms with Gasteiger partial charge in [0.15, 0.2) is 0 Å². The second kappa shape index (κ2) is 9.49. The Kier molecular flexibility index (Phi) is 6.43. The van der Waals surface area contributed by atoms with Crippen molar-refractivity contribution in [3.05, 3.63) is 94.0 Å². The van der Waals surface area contributed by atoms with Gasteiger partial charge >= 0.3 is 6.18 Å². The highest BCUT2D eigenvalue weighted by Gasteiger charge is 2.39. The number of fused-ring (bicyclic) bond motifs is 1. The molecule has 0 radical (unpaired) electrons. The molecule has 184 valence electrons. The maximum atomic E-state index is 13.4. The van der Waals surface area contributed by atoms with Crippen molar-refractivity contribution >= 4 is 40.5 Å². The fourth-order valence-electron chi connectivity index (χ4n) is 3.75. The van der Waals surface area contributed by atoms with Crippen molar-refractivity contribution in [2.75, 3.05) is 15.5 Å². The molecule has 0 saturated carbocycles. The summed E-state index contributed by atoms with van der Waals surface area (Å²) in [4.78, 5) is 50.5. The van der Waals surface area contributed by atoms with E-state index in [0.717, 1.165) is 35.2 Å². The Morgan fingerprint density at radius 2 is 1.72 bits per heavy atom. The van der Waals surface area contributed by atoms with E-state index >= 15 is 0 Å². The summed E-state index contributed by atoms with van der Waals surface area (Å²) in [7, 11) is 0. The molecule has 3 aromatic carbocycles. The van der Waals surface area contributed by atoms with Gasteiger partial charge in [0.05, 0.1) is 28.3 Å². The molecule has 3 amide bonds. The molecule has 1 aliphatic rings. The number of alkyl halides is 3. The molecule has 9 nitrogen and oxygen atoms in total. The lowest BCUT2D eigenvalue weighted by atomic mass is 10.0. The van der Waals surface area contributed by atoms with E-state index in [0.29, 0.717) is 5.69 Å².